The molecule has 0 spiro atoms. The Balaban J connectivity index is 2.07. The van der Waals surface area contributed by atoms with Crippen LogP contribution in [0.15, 0.2) is 52.5 Å². The Labute approximate surface area is 127 Å². The number of nitrogens with zero attached hydrogens (tertiary/aromatic N) is 1. The molecule has 2 aromatic carbocycles. The summed E-state index contributed by atoms with van der Waals surface area (Å²) in [5.41, 5.74) is 8.57. The van der Waals surface area contributed by atoms with Crippen LogP contribution in [0.4, 0.5) is 0 Å². The van der Waals surface area contributed by atoms with Crippen LogP contribution in [-0.4, -0.2) is 11.0 Å². The molecule has 3 nitrogen and oxygen atoms in total. The Bertz CT molecular complexity index is 626. The summed E-state index contributed by atoms with van der Waals surface area (Å²) in [6.07, 6.45) is 0. The highest BCUT2D eigenvalue weighted by Crippen LogP contribution is 2.25. The van der Waals surface area contributed by atoms with Crippen LogP contribution in [0.5, 0.6) is 0 Å². The van der Waals surface area contributed by atoms with Crippen LogP contribution in [-0.2, 0) is 5.75 Å². The minimum atomic E-state index is 0.136. The zero-order valence-corrected chi connectivity index (χ0v) is 12.6. The summed E-state index contributed by atoms with van der Waals surface area (Å²) < 4.78 is 0. The largest absolute Gasteiger partial charge is 0.409 e. The second-order valence-corrected chi connectivity index (χ2v) is 5.86. The van der Waals surface area contributed by atoms with Crippen molar-refractivity contribution in [2.75, 3.05) is 0 Å². The van der Waals surface area contributed by atoms with Crippen LogP contribution in [0.1, 0.15) is 16.7 Å². The molecule has 0 heterocycles. The molecular formula is C15H15ClN2OS. The van der Waals surface area contributed by atoms with Crippen molar-refractivity contribution in [1.82, 2.24) is 0 Å². The van der Waals surface area contributed by atoms with Crippen molar-refractivity contribution in [3.63, 3.8) is 0 Å². The van der Waals surface area contributed by atoms with Crippen LogP contribution < -0.4 is 5.73 Å². The molecule has 5 heteroatoms. The smallest absolute Gasteiger partial charge is 0.170 e. The third-order valence-corrected chi connectivity index (χ3v) is 4.22. The predicted molar refractivity (Wildman–Crippen MR) is 84.7 cm³/mol. The van der Waals surface area contributed by atoms with Gasteiger partial charge in [0.05, 0.1) is 0 Å². The number of halogens is 1. The fourth-order valence-electron chi connectivity index (χ4n) is 1.81. The number of thioether (sulfide) groups is 1. The first-order valence-corrected chi connectivity index (χ1v) is 7.42. The van der Waals surface area contributed by atoms with Crippen molar-refractivity contribution in [3.05, 3.63) is 64.2 Å². The Kier molecular flexibility index (Phi) is 4.93. The number of hydrogen-bond acceptors (Lipinski definition) is 3. The monoisotopic (exact) mass is 306 g/mol. The zero-order valence-electron chi connectivity index (χ0n) is 11.0. The second-order valence-electron chi connectivity index (χ2n) is 4.38. The Morgan fingerprint density at radius 1 is 1.25 bits per heavy atom. The highest BCUT2D eigenvalue weighted by molar-refractivity contribution is 7.98. The van der Waals surface area contributed by atoms with Gasteiger partial charge in [0.15, 0.2) is 5.84 Å². The summed E-state index contributed by atoms with van der Waals surface area (Å²) in [7, 11) is 0. The van der Waals surface area contributed by atoms with Gasteiger partial charge in [0.2, 0.25) is 0 Å². The number of oxime groups is 1. The molecular weight excluding hydrogens is 292 g/mol. The molecule has 3 N–H and O–H groups in total. The predicted octanol–water partition coefficient (Wildman–Crippen LogP) is 4.04. The van der Waals surface area contributed by atoms with E-state index >= 15 is 0 Å². The first-order valence-electron chi connectivity index (χ1n) is 6.06. The summed E-state index contributed by atoms with van der Waals surface area (Å²) in [5, 5.41) is 12.5. The third kappa shape index (κ3) is 3.68. The van der Waals surface area contributed by atoms with E-state index in [2.05, 4.69) is 5.16 Å². The van der Waals surface area contributed by atoms with Crippen LogP contribution in [0.25, 0.3) is 0 Å². The first kappa shape index (κ1) is 14.8. The van der Waals surface area contributed by atoms with E-state index in [0.29, 0.717) is 0 Å². The number of aryl methyl sites for hydroxylation is 1. The van der Waals surface area contributed by atoms with Gasteiger partial charge in [-0.05, 0) is 48.4 Å². The summed E-state index contributed by atoms with van der Waals surface area (Å²) in [6, 6.07) is 13.7. The fraction of sp³-hybridized carbons (Fsp3) is 0.133. The van der Waals surface area contributed by atoms with Gasteiger partial charge < -0.3 is 10.9 Å². The highest BCUT2D eigenvalue weighted by Gasteiger charge is 2.05. The number of benzene rings is 2. The Morgan fingerprint density at radius 3 is 2.55 bits per heavy atom. The van der Waals surface area contributed by atoms with E-state index in [-0.39, 0.29) is 5.84 Å². The van der Waals surface area contributed by atoms with Gasteiger partial charge in [-0.1, -0.05) is 28.9 Å². The van der Waals surface area contributed by atoms with Crippen LogP contribution in [0.2, 0.25) is 5.02 Å². The average molecular weight is 307 g/mol. The molecule has 2 aromatic rings. The van der Waals surface area contributed by atoms with Crippen molar-refractivity contribution in [3.8, 4) is 0 Å². The highest BCUT2D eigenvalue weighted by atomic mass is 35.5. The molecule has 0 bridgehead atoms. The number of rotatable bonds is 4. The molecule has 0 aromatic heterocycles. The minimum Gasteiger partial charge on any atom is -0.409 e. The molecule has 0 amide bonds. The van der Waals surface area contributed by atoms with Crippen molar-refractivity contribution < 1.29 is 5.21 Å². The van der Waals surface area contributed by atoms with E-state index < -0.39 is 0 Å². The van der Waals surface area contributed by atoms with Crippen molar-refractivity contribution in [1.29, 1.82) is 0 Å². The molecule has 2 rings (SSSR count). The first-order chi connectivity index (χ1) is 9.60. The lowest BCUT2D eigenvalue weighted by atomic mass is 10.1. The minimum absolute atomic E-state index is 0.136. The molecule has 0 atom stereocenters. The summed E-state index contributed by atoms with van der Waals surface area (Å²) in [4.78, 5) is 1.15. The van der Waals surface area contributed by atoms with Gasteiger partial charge in [0.25, 0.3) is 0 Å². The number of hydrogen-bond donors (Lipinski definition) is 2. The van der Waals surface area contributed by atoms with E-state index in [4.69, 9.17) is 22.5 Å². The fourth-order valence-corrected chi connectivity index (χ4v) is 2.89. The SMILES string of the molecule is Cc1cc(SCc2ccc(Cl)cc2)ccc1/C(N)=N/O. The molecule has 0 saturated heterocycles. The lowest BCUT2D eigenvalue weighted by Crippen LogP contribution is -2.14. The lowest BCUT2D eigenvalue weighted by Gasteiger charge is -2.07. The molecule has 20 heavy (non-hydrogen) atoms. The molecule has 104 valence electrons. The molecule has 0 saturated carbocycles. The lowest BCUT2D eigenvalue weighted by molar-refractivity contribution is 0.318. The molecule has 0 aliphatic heterocycles. The van der Waals surface area contributed by atoms with Crippen molar-refractivity contribution in [2.45, 2.75) is 17.6 Å². The quantitative estimate of drug-likeness (QED) is 0.295. The van der Waals surface area contributed by atoms with Gasteiger partial charge >= 0.3 is 0 Å². The molecule has 0 radical (unpaired) electrons. The number of amidine groups is 1. The van der Waals surface area contributed by atoms with Crippen molar-refractivity contribution >= 4 is 29.2 Å². The standard InChI is InChI=1S/C15H15ClN2OS/c1-10-8-13(6-7-14(10)15(17)18-19)20-9-11-2-4-12(16)5-3-11/h2-8,19H,9H2,1H3,(H2,17,18). The van der Waals surface area contributed by atoms with Gasteiger partial charge in [0.1, 0.15) is 0 Å². The maximum absolute atomic E-state index is 8.70. The van der Waals surface area contributed by atoms with Crippen LogP contribution >= 0.6 is 23.4 Å². The number of nitrogens with two attached hydrogens (primary N) is 1. The summed E-state index contributed by atoms with van der Waals surface area (Å²) in [5.74, 6) is 1.01. The zero-order chi connectivity index (χ0) is 14.5. The van der Waals surface area contributed by atoms with Gasteiger partial charge in [0, 0.05) is 21.2 Å². The van der Waals surface area contributed by atoms with Crippen LogP contribution in [0.3, 0.4) is 0 Å². The van der Waals surface area contributed by atoms with Gasteiger partial charge in [-0.15, -0.1) is 11.8 Å². The Morgan fingerprint density at radius 2 is 1.95 bits per heavy atom. The molecule has 0 fully saturated rings. The van der Waals surface area contributed by atoms with E-state index in [9.17, 15) is 0 Å². The Hall–Kier alpha value is -1.65. The van der Waals surface area contributed by atoms with Crippen LogP contribution in [0, 0.1) is 6.92 Å². The molecule has 0 aliphatic rings. The summed E-state index contributed by atoms with van der Waals surface area (Å²) in [6.45, 7) is 1.94. The maximum atomic E-state index is 8.70. The van der Waals surface area contributed by atoms with Gasteiger partial charge in [-0.2, -0.15) is 0 Å². The van der Waals surface area contributed by atoms with E-state index in [1.165, 1.54) is 5.56 Å². The third-order valence-electron chi connectivity index (χ3n) is 2.90. The second kappa shape index (κ2) is 6.68. The van der Waals surface area contributed by atoms with E-state index in [1.54, 1.807) is 11.8 Å². The van der Waals surface area contributed by atoms with E-state index in [0.717, 1.165) is 26.8 Å². The normalized spacial score (nSPS) is 11.6. The van der Waals surface area contributed by atoms with Gasteiger partial charge in [-0.25, -0.2) is 0 Å². The maximum Gasteiger partial charge on any atom is 0.170 e. The van der Waals surface area contributed by atoms with Gasteiger partial charge in [-0.3, -0.25) is 0 Å². The van der Waals surface area contributed by atoms with Crippen molar-refractivity contribution in [2.24, 2.45) is 10.9 Å². The topological polar surface area (TPSA) is 58.6 Å². The molecule has 0 unspecified atom stereocenters. The summed E-state index contributed by atoms with van der Waals surface area (Å²) >= 11 is 7.60. The molecule has 0 aliphatic carbocycles. The average Bonchev–Trinajstić information content (AvgIpc) is 2.46. The van der Waals surface area contributed by atoms with E-state index in [1.807, 2.05) is 49.4 Å².